The molecule has 2 aromatic rings. The van der Waals surface area contributed by atoms with E-state index < -0.39 is 0 Å². The molecular weight excluding hydrogens is 202 g/mol. The molecule has 0 aliphatic carbocycles. The van der Waals surface area contributed by atoms with Gasteiger partial charge in [0.25, 0.3) is 0 Å². The third-order valence-corrected chi connectivity index (χ3v) is 3.06. The average molecular weight is 217 g/mol. The lowest BCUT2D eigenvalue weighted by Gasteiger charge is -2.32. The summed E-state index contributed by atoms with van der Waals surface area (Å²) >= 11 is 0. The van der Waals surface area contributed by atoms with Crippen LogP contribution in [0.15, 0.2) is 24.3 Å². The zero-order chi connectivity index (χ0) is 11.0. The molecule has 5 nitrogen and oxygen atoms in total. The fourth-order valence-electron chi connectivity index (χ4n) is 2.12. The number of anilines is 1. The molecule has 3 rings (SSSR count). The summed E-state index contributed by atoms with van der Waals surface area (Å²) in [4.78, 5) is 2.28. The quantitative estimate of drug-likeness (QED) is 0.685. The Balaban J connectivity index is 1.94. The van der Waals surface area contributed by atoms with Gasteiger partial charge in [0.2, 0.25) is 0 Å². The van der Waals surface area contributed by atoms with E-state index in [2.05, 4.69) is 21.2 Å². The molecule has 1 aliphatic rings. The molecule has 84 valence electrons. The molecule has 0 spiro atoms. The van der Waals surface area contributed by atoms with Crippen LogP contribution in [0.25, 0.3) is 10.9 Å². The van der Waals surface area contributed by atoms with E-state index in [-0.39, 0.29) is 0 Å². The third kappa shape index (κ3) is 1.54. The van der Waals surface area contributed by atoms with Crippen LogP contribution in [-0.4, -0.2) is 41.4 Å². The van der Waals surface area contributed by atoms with Gasteiger partial charge in [-0.05, 0) is 12.1 Å². The lowest BCUT2D eigenvalue weighted by Crippen LogP contribution is -2.49. The van der Waals surface area contributed by atoms with E-state index in [0.717, 1.165) is 37.5 Å². The number of piperazine rings is 1. The summed E-state index contributed by atoms with van der Waals surface area (Å²) in [5, 5.41) is 10.5. The molecule has 0 unspecified atom stereocenters. The molecule has 0 bridgehead atoms. The number of hydrogen-bond acceptors (Lipinski definition) is 4. The highest BCUT2D eigenvalue weighted by Gasteiger charge is 2.18. The van der Waals surface area contributed by atoms with Gasteiger partial charge in [-0.15, -0.1) is 0 Å². The number of para-hydroxylation sites is 1. The summed E-state index contributed by atoms with van der Waals surface area (Å²) < 4.78 is 0. The summed E-state index contributed by atoms with van der Waals surface area (Å²) in [6, 6.07) is 8.21. The molecule has 1 aliphatic heterocycles. The minimum atomic E-state index is 0.890. The number of hydrazine groups is 1. The van der Waals surface area contributed by atoms with Crippen LogP contribution >= 0.6 is 0 Å². The number of benzene rings is 1. The van der Waals surface area contributed by atoms with Crippen molar-refractivity contribution in [2.45, 2.75) is 0 Å². The van der Waals surface area contributed by atoms with Gasteiger partial charge in [-0.25, -0.2) is 5.01 Å². The highest BCUT2D eigenvalue weighted by atomic mass is 15.4. The number of fused-ring (bicyclic) bond motifs is 1. The molecule has 0 amide bonds. The minimum absolute atomic E-state index is 0.890. The van der Waals surface area contributed by atoms with Crippen molar-refractivity contribution in [1.29, 1.82) is 0 Å². The van der Waals surface area contributed by atoms with E-state index in [0.29, 0.717) is 0 Å². The molecule has 5 heteroatoms. The maximum absolute atomic E-state index is 5.74. The highest BCUT2D eigenvalue weighted by Crippen LogP contribution is 2.23. The first-order chi connectivity index (χ1) is 7.84. The maximum Gasteiger partial charge on any atom is 0.158 e. The molecule has 16 heavy (non-hydrogen) atoms. The van der Waals surface area contributed by atoms with Gasteiger partial charge in [-0.1, -0.05) is 12.1 Å². The maximum atomic E-state index is 5.74. The van der Waals surface area contributed by atoms with Crippen LogP contribution in [0, 0.1) is 0 Å². The Labute approximate surface area is 93.8 Å². The molecule has 1 aromatic carbocycles. The summed E-state index contributed by atoms with van der Waals surface area (Å²) in [5.41, 5.74) is 1.09. The van der Waals surface area contributed by atoms with Gasteiger partial charge in [0.15, 0.2) is 5.82 Å². The first kappa shape index (κ1) is 9.62. The molecule has 1 fully saturated rings. The van der Waals surface area contributed by atoms with Crippen molar-refractivity contribution >= 4 is 16.7 Å². The fourth-order valence-corrected chi connectivity index (χ4v) is 2.12. The topological polar surface area (TPSA) is 61.2 Å². The Kier molecular flexibility index (Phi) is 2.27. The Bertz CT molecular complexity index is 484. The van der Waals surface area contributed by atoms with Crippen molar-refractivity contribution in [2.75, 3.05) is 31.1 Å². The number of H-pyrrole nitrogens is 1. The predicted molar refractivity (Wildman–Crippen MR) is 64.1 cm³/mol. The number of rotatable bonds is 1. The van der Waals surface area contributed by atoms with E-state index in [1.807, 2.05) is 23.2 Å². The Morgan fingerprint density at radius 3 is 2.69 bits per heavy atom. The van der Waals surface area contributed by atoms with Gasteiger partial charge < -0.3 is 4.90 Å². The average Bonchev–Trinajstić information content (AvgIpc) is 2.74. The summed E-state index contributed by atoms with van der Waals surface area (Å²) in [7, 11) is 0. The van der Waals surface area contributed by atoms with Crippen LogP contribution in [0.2, 0.25) is 0 Å². The Hall–Kier alpha value is -1.59. The third-order valence-electron chi connectivity index (χ3n) is 3.06. The molecule has 2 heterocycles. The number of nitrogens with zero attached hydrogens (tertiary/aromatic N) is 3. The molecule has 0 atom stereocenters. The van der Waals surface area contributed by atoms with E-state index in [9.17, 15) is 0 Å². The molecule has 3 N–H and O–H groups in total. The summed E-state index contributed by atoms with van der Waals surface area (Å²) in [5.74, 6) is 6.79. The van der Waals surface area contributed by atoms with E-state index in [1.54, 1.807) is 0 Å². The SMILES string of the molecule is NN1CCN(c2n[nH]c3ccccc23)CC1. The van der Waals surface area contributed by atoms with Gasteiger partial charge in [0.05, 0.1) is 5.52 Å². The predicted octanol–water partition coefficient (Wildman–Crippen LogP) is 0.559. The van der Waals surface area contributed by atoms with Crippen LogP contribution in [0.4, 0.5) is 5.82 Å². The van der Waals surface area contributed by atoms with E-state index in [4.69, 9.17) is 5.84 Å². The monoisotopic (exact) mass is 217 g/mol. The van der Waals surface area contributed by atoms with Crippen molar-refractivity contribution < 1.29 is 0 Å². The van der Waals surface area contributed by atoms with Crippen LogP contribution in [0.5, 0.6) is 0 Å². The smallest absolute Gasteiger partial charge is 0.158 e. The summed E-state index contributed by atoms with van der Waals surface area (Å²) in [6.07, 6.45) is 0. The molecule has 1 saturated heterocycles. The van der Waals surface area contributed by atoms with Crippen molar-refractivity contribution in [3.63, 3.8) is 0 Å². The van der Waals surface area contributed by atoms with Gasteiger partial charge >= 0.3 is 0 Å². The van der Waals surface area contributed by atoms with Crippen LogP contribution in [0.1, 0.15) is 0 Å². The number of hydrogen-bond donors (Lipinski definition) is 2. The van der Waals surface area contributed by atoms with Crippen LogP contribution in [0.3, 0.4) is 0 Å². The molecular formula is C11H15N5. The number of nitrogens with one attached hydrogen (secondary N) is 1. The van der Waals surface area contributed by atoms with Crippen LogP contribution < -0.4 is 10.7 Å². The standard InChI is InChI=1S/C11H15N5/c12-16-7-5-15(6-8-16)11-9-3-1-2-4-10(9)13-14-11/h1-4H,5-8,12H2,(H,13,14). The molecule has 0 radical (unpaired) electrons. The second-order valence-electron chi connectivity index (χ2n) is 4.12. The zero-order valence-electron chi connectivity index (χ0n) is 9.06. The zero-order valence-corrected chi connectivity index (χ0v) is 9.06. The number of aromatic amines is 1. The van der Waals surface area contributed by atoms with Gasteiger partial charge in [-0.2, -0.15) is 5.10 Å². The second-order valence-corrected chi connectivity index (χ2v) is 4.12. The summed E-state index contributed by atoms with van der Waals surface area (Å²) in [6.45, 7) is 3.65. The Morgan fingerprint density at radius 2 is 1.88 bits per heavy atom. The largest absolute Gasteiger partial charge is 0.352 e. The van der Waals surface area contributed by atoms with Crippen molar-refractivity contribution in [3.8, 4) is 0 Å². The Morgan fingerprint density at radius 1 is 1.12 bits per heavy atom. The lowest BCUT2D eigenvalue weighted by molar-refractivity contribution is 0.265. The first-order valence-electron chi connectivity index (χ1n) is 5.52. The van der Waals surface area contributed by atoms with E-state index in [1.165, 1.54) is 5.39 Å². The highest BCUT2D eigenvalue weighted by molar-refractivity contribution is 5.90. The van der Waals surface area contributed by atoms with Gasteiger partial charge in [-0.3, -0.25) is 10.9 Å². The van der Waals surface area contributed by atoms with Crippen LogP contribution in [-0.2, 0) is 0 Å². The van der Waals surface area contributed by atoms with Gasteiger partial charge in [0.1, 0.15) is 0 Å². The van der Waals surface area contributed by atoms with Gasteiger partial charge in [0, 0.05) is 31.6 Å². The fraction of sp³-hybridized carbons (Fsp3) is 0.364. The first-order valence-corrected chi connectivity index (χ1v) is 5.52. The minimum Gasteiger partial charge on any atom is -0.352 e. The van der Waals surface area contributed by atoms with Crippen molar-refractivity contribution in [3.05, 3.63) is 24.3 Å². The lowest BCUT2D eigenvalue weighted by atomic mass is 10.2. The second kappa shape index (κ2) is 3.77. The van der Waals surface area contributed by atoms with Crippen molar-refractivity contribution in [2.24, 2.45) is 5.84 Å². The normalized spacial score (nSPS) is 18.2. The van der Waals surface area contributed by atoms with Crippen molar-refractivity contribution in [1.82, 2.24) is 15.2 Å². The molecule has 0 saturated carbocycles. The molecule has 1 aromatic heterocycles. The number of aromatic nitrogens is 2. The van der Waals surface area contributed by atoms with E-state index >= 15 is 0 Å². The number of nitrogens with two attached hydrogens (primary N) is 1.